The second-order valence-electron chi connectivity index (χ2n) is 4.90. The van der Waals surface area contributed by atoms with Crippen LogP contribution in [0.1, 0.15) is 21.7 Å². The monoisotopic (exact) mass is 288 g/mol. The van der Waals surface area contributed by atoms with Crippen LogP contribution in [0.2, 0.25) is 0 Å². The van der Waals surface area contributed by atoms with Gasteiger partial charge in [-0.25, -0.2) is 14.4 Å². The van der Waals surface area contributed by atoms with Gasteiger partial charge in [-0.1, -0.05) is 12.1 Å². The Labute approximate surface area is 122 Å². The number of carbonyl (C=O) groups is 1. The second kappa shape index (κ2) is 5.87. The number of aromatic nitrogens is 2. The first-order valence-corrected chi connectivity index (χ1v) is 6.48. The van der Waals surface area contributed by atoms with E-state index < -0.39 is 11.7 Å². The summed E-state index contributed by atoms with van der Waals surface area (Å²) in [5.41, 5.74) is 1.77. The number of benzene rings is 1. The second-order valence-corrected chi connectivity index (χ2v) is 4.90. The molecule has 1 amide bonds. The lowest BCUT2D eigenvalue weighted by Gasteiger charge is -2.15. The van der Waals surface area contributed by atoms with E-state index in [9.17, 15) is 9.18 Å². The quantitative estimate of drug-likeness (QED) is 0.943. The average molecular weight is 288 g/mol. The van der Waals surface area contributed by atoms with Crippen LogP contribution in [-0.2, 0) is 0 Å². The molecule has 110 valence electrons. The third kappa shape index (κ3) is 3.16. The van der Waals surface area contributed by atoms with Crippen molar-refractivity contribution in [2.24, 2.45) is 0 Å². The van der Waals surface area contributed by atoms with Crippen molar-refractivity contribution in [3.05, 3.63) is 47.0 Å². The number of amides is 1. The van der Waals surface area contributed by atoms with Crippen LogP contribution in [0.3, 0.4) is 0 Å². The Hall–Kier alpha value is -2.50. The zero-order valence-electron chi connectivity index (χ0n) is 12.4. The topological polar surface area (TPSA) is 58.1 Å². The van der Waals surface area contributed by atoms with Gasteiger partial charge in [0.2, 0.25) is 5.95 Å². The van der Waals surface area contributed by atoms with Crippen molar-refractivity contribution >= 4 is 17.5 Å². The highest BCUT2D eigenvalue weighted by Crippen LogP contribution is 2.20. The van der Waals surface area contributed by atoms with Crippen molar-refractivity contribution < 1.29 is 9.18 Å². The molecule has 0 fully saturated rings. The highest BCUT2D eigenvalue weighted by molar-refractivity contribution is 6.05. The van der Waals surface area contributed by atoms with Crippen LogP contribution in [0, 0.1) is 19.7 Å². The van der Waals surface area contributed by atoms with Crippen molar-refractivity contribution in [3.63, 3.8) is 0 Å². The Morgan fingerprint density at radius 2 is 1.71 bits per heavy atom. The van der Waals surface area contributed by atoms with E-state index in [1.807, 2.05) is 14.1 Å². The van der Waals surface area contributed by atoms with Crippen LogP contribution in [-0.4, -0.2) is 30.0 Å². The third-order valence-corrected chi connectivity index (χ3v) is 3.02. The molecular formula is C15H17FN4O. The zero-order chi connectivity index (χ0) is 15.6. The standard InChI is InChI=1S/C15H17FN4O/c1-9-13(10(2)18-15(17-9)20(3)4)19-14(21)11-7-5-6-8-12(11)16/h5-8H,1-4H3,(H,19,21). The summed E-state index contributed by atoms with van der Waals surface area (Å²) >= 11 is 0. The number of hydrogen-bond donors (Lipinski definition) is 1. The third-order valence-electron chi connectivity index (χ3n) is 3.02. The highest BCUT2D eigenvalue weighted by atomic mass is 19.1. The minimum Gasteiger partial charge on any atom is -0.347 e. The van der Waals surface area contributed by atoms with Gasteiger partial charge in [-0.2, -0.15) is 0 Å². The Morgan fingerprint density at radius 3 is 2.24 bits per heavy atom. The van der Waals surface area contributed by atoms with E-state index >= 15 is 0 Å². The highest BCUT2D eigenvalue weighted by Gasteiger charge is 2.15. The molecule has 2 rings (SSSR count). The van der Waals surface area contributed by atoms with Crippen LogP contribution in [0.5, 0.6) is 0 Å². The summed E-state index contributed by atoms with van der Waals surface area (Å²) < 4.78 is 13.6. The zero-order valence-corrected chi connectivity index (χ0v) is 12.4. The fraction of sp³-hybridized carbons (Fsp3) is 0.267. The first-order chi connectivity index (χ1) is 9.90. The molecule has 5 nitrogen and oxygen atoms in total. The van der Waals surface area contributed by atoms with Crippen molar-refractivity contribution in [1.29, 1.82) is 0 Å². The molecule has 1 N–H and O–H groups in total. The van der Waals surface area contributed by atoms with Crippen LogP contribution in [0.25, 0.3) is 0 Å². The van der Waals surface area contributed by atoms with E-state index in [2.05, 4.69) is 15.3 Å². The van der Waals surface area contributed by atoms with E-state index in [-0.39, 0.29) is 5.56 Å². The molecule has 0 unspecified atom stereocenters. The molecule has 0 atom stereocenters. The maximum absolute atomic E-state index is 13.6. The normalized spacial score (nSPS) is 10.3. The van der Waals surface area contributed by atoms with E-state index in [4.69, 9.17) is 0 Å². The number of hydrogen-bond acceptors (Lipinski definition) is 4. The van der Waals surface area contributed by atoms with Gasteiger partial charge in [-0.3, -0.25) is 4.79 Å². The van der Waals surface area contributed by atoms with E-state index in [0.29, 0.717) is 23.0 Å². The van der Waals surface area contributed by atoms with Crippen LogP contribution in [0.4, 0.5) is 16.0 Å². The fourth-order valence-corrected chi connectivity index (χ4v) is 1.91. The SMILES string of the molecule is Cc1nc(N(C)C)nc(C)c1NC(=O)c1ccccc1F. The summed E-state index contributed by atoms with van der Waals surface area (Å²) in [6, 6.07) is 5.84. The maximum atomic E-state index is 13.6. The van der Waals surface area contributed by atoms with Crippen molar-refractivity contribution in [2.75, 3.05) is 24.3 Å². The van der Waals surface area contributed by atoms with Gasteiger partial charge in [-0.05, 0) is 26.0 Å². The lowest BCUT2D eigenvalue weighted by Crippen LogP contribution is -2.19. The summed E-state index contributed by atoms with van der Waals surface area (Å²) in [6.45, 7) is 3.55. The first-order valence-electron chi connectivity index (χ1n) is 6.48. The van der Waals surface area contributed by atoms with E-state index in [1.165, 1.54) is 18.2 Å². The predicted octanol–water partition coefficient (Wildman–Crippen LogP) is 2.55. The predicted molar refractivity (Wildman–Crippen MR) is 80.2 cm³/mol. The van der Waals surface area contributed by atoms with Crippen molar-refractivity contribution in [1.82, 2.24) is 9.97 Å². The molecule has 0 aliphatic heterocycles. The number of nitrogens with zero attached hydrogens (tertiary/aromatic N) is 3. The Balaban J connectivity index is 2.32. The molecule has 6 heteroatoms. The molecular weight excluding hydrogens is 271 g/mol. The lowest BCUT2D eigenvalue weighted by atomic mass is 10.2. The summed E-state index contributed by atoms with van der Waals surface area (Å²) in [7, 11) is 3.68. The molecule has 21 heavy (non-hydrogen) atoms. The maximum Gasteiger partial charge on any atom is 0.258 e. The molecule has 1 aromatic heterocycles. The van der Waals surface area contributed by atoms with Crippen LogP contribution < -0.4 is 10.2 Å². The molecule has 0 spiro atoms. The van der Waals surface area contributed by atoms with Crippen molar-refractivity contribution in [2.45, 2.75) is 13.8 Å². The molecule has 2 aromatic rings. The molecule has 0 saturated carbocycles. The number of nitrogens with one attached hydrogen (secondary N) is 1. The van der Waals surface area contributed by atoms with Gasteiger partial charge in [0.15, 0.2) is 0 Å². The van der Waals surface area contributed by atoms with Crippen molar-refractivity contribution in [3.8, 4) is 0 Å². The molecule has 0 radical (unpaired) electrons. The summed E-state index contributed by atoms with van der Waals surface area (Å²) in [5.74, 6) is -0.509. The Kier molecular flexibility index (Phi) is 4.16. The molecule has 0 bridgehead atoms. The van der Waals surface area contributed by atoms with Crippen LogP contribution >= 0.6 is 0 Å². The number of anilines is 2. The summed E-state index contributed by atoms with van der Waals surface area (Å²) in [4.78, 5) is 22.5. The molecule has 0 aliphatic carbocycles. The Morgan fingerprint density at radius 1 is 1.14 bits per heavy atom. The minimum atomic E-state index is -0.559. The molecule has 0 saturated heterocycles. The molecule has 0 aliphatic rings. The number of carbonyl (C=O) groups excluding carboxylic acids is 1. The summed E-state index contributed by atoms with van der Waals surface area (Å²) in [5, 5.41) is 2.68. The number of aryl methyl sites for hydroxylation is 2. The van der Waals surface area contributed by atoms with Gasteiger partial charge >= 0.3 is 0 Å². The average Bonchev–Trinajstić information content (AvgIpc) is 2.42. The van der Waals surface area contributed by atoms with Gasteiger partial charge < -0.3 is 10.2 Å². The van der Waals surface area contributed by atoms with Gasteiger partial charge in [0.1, 0.15) is 5.82 Å². The molecule has 1 heterocycles. The number of rotatable bonds is 3. The lowest BCUT2D eigenvalue weighted by molar-refractivity contribution is 0.102. The van der Waals surface area contributed by atoms with Crippen LogP contribution in [0.15, 0.2) is 24.3 Å². The number of halogens is 1. The first kappa shape index (κ1) is 14.9. The van der Waals surface area contributed by atoms with Gasteiger partial charge in [-0.15, -0.1) is 0 Å². The summed E-state index contributed by atoms with van der Waals surface area (Å²) in [6.07, 6.45) is 0. The van der Waals surface area contributed by atoms with E-state index in [1.54, 1.807) is 24.8 Å². The fourth-order valence-electron chi connectivity index (χ4n) is 1.91. The van der Waals surface area contributed by atoms with Gasteiger partial charge in [0.05, 0.1) is 22.6 Å². The molecule has 1 aromatic carbocycles. The van der Waals surface area contributed by atoms with E-state index in [0.717, 1.165) is 0 Å². The largest absolute Gasteiger partial charge is 0.347 e. The smallest absolute Gasteiger partial charge is 0.258 e. The Bertz CT molecular complexity index is 662. The minimum absolute atomic E-state index is 0.00649. The van der Waals surface area contributed by atoms with Gasteiger partial charge in [0, 0.05) is 14.1 Å². The van der Waals surface area contributed by atoms with Gasteiger partial charge in [0.25, 0.3) is 5.91 Å².